The Kier molecular flexibility index (Phi) is 2.48. The summed E-state index contributed by atoms with van der Waals surface area (Å²) in [5.41, 5.74) is 2.70. The van der Waals surface area contributed by atoms with Crippen LogP contribution in [-0.2, 0) is 4.79 Å². The van der Waals surface area contributed by atoms with Crippen molar-refractivity contribution in [1.82, 2.24) is 0 Å². The van der Waals surface area contributed by atoms with Crippen molar-refractivity contribution in [2.24, 2.45) is 34.5 Å². The predicted molar refractivity (Wildman–Crippen MR) is 83.8 cm³/mol. The van der Waals surface area contributed by atoms with Gasteiger partial charge in [-0.05, 0) is 98.4 Å². The lowest BCUT2D eigenvalue weighted by atomic mass is 9.43. The van der Waals surface area contributed by atoms with Crippen molar-refractivity contribution in [3.63, 3.8) is 0 Å². The van der Waals surface area contributed by atoms with Gasteiger partial charge in [-0.1, -0.05) is 12.5 Å². The van der Waals surface area contributed by atoms with E-state index in [0.717, 1.165) is 41.9 Å². The summed E-state index contributed by atoms with van der Waals surface area (Å²) in [5, 5.41) is 0. The van der Waals surface area contributed by atoms with Crippen LogP contribution in [0.2, 0.25) is 0 Å². The van der Waals surface area contributed by atoms with Gasteiger partial charge < -0.3 is 0 Å². The molecule has 0 aromatic carbocycles. The third kappa shape index (κ3) is 1.46. The van der Waals surface area contributed by atoms with E-state index in [1.165, 1.54) is 50.5 Å². The van der Waals surface area contributed by atoms with Crippen molar-refractivity contribution in [1.29, 1.82) is 0 Å². The number of hydrogen-bond donors (Lipinski definition) is 0. The first-order valence-electron chi connectivity index (χ1n) is 9.37. The van der Waals surface area contributed by atoms with Crippen molar-refractivity contribution in [2.75, 3.05) is 0 Å². The van der Waals surface area contributed by atoms with Crippen molar-refractivity contribution < 1.29 is 4.79 Å². The molecule has 1 heteroatoms. The Morgan fingerprint density at radius 2 is 1.81 bits per heavy atom. The van der Waals surface area contributed by atoms with Crippen molar-refractivity contribution in [2.45, 2.75) is 71.1 Å². The molecular formula is C20H28O. The second-order valence-electron chi connectivity index (χ2n) is 9.05. The minimum atomic E-state index is 0.375. The summed E-state index contributed by atoms with van der Waals surface area (Å²) in [6.07, 6.45) is 15.7. The van der Waals surface area contributed by atoms with Gasteiger partial charge in [-0.15, -0.1) is 0 Å². The zero-order valence-corrected chi connectivity index (χ0v) is 13.4. The Hall–Kier alpha value is -0.590. The van der Waals surface area contributed by atoms with Gasteiger partial charge in [0, 0.05) is 6.42 Å². The summed E-state index contributed by atoms with van der Waals surface area (Å²) < 4.78 is 0. The maximum Gasteiger partial charge on any atom is 0.155 e. The molecule has 4 fully saturated rings. The molecule has 0 aliphatic heterocycles. The number of allylic oxidation sites excluding steroid dienone is 1. The molecule has 1 spiro atoms. The smallest absolute Gasteiger partial charge is 0.155 e. The molecule has 0 saturated heterocycles. The maximum atomic E-state index is 11.8. The molecule has 21 heavy (non-hydrogen) atoms. The van der Waals surface area contributed by atoms with Gasteiger partial charge in [-0.25, -0.2) is 0 Å². The zero-order chi connectivity index (χ0) is 14.2. The van der Waals surface area contributed by atoms with Crippen LogP contribution in [0.15, 0.2) is 11.6 Å². The predicted octanol–water partition coefficient (Wildman–Crippen LogP) is 4.91. The molecule has 0 N–H and O–H groups in total. The lowest BCUT2D eigenvalue weighted by Crippen LogP contribution is -2.53. The number of carbonyl (C=O) groups is 1. The number of hydrogen-bond acceptors (Lipinski definition) is 1. The second-order valence-corrected chi connectivity index (χ2v) is 9.05. The van der Waals surface area contributed by atoms with Crippen LogP contribution in [-0.4, -0.2) is 5.78 Å². The molecule has 5 aliphatic carbocycles. The first-order valence-corrected chi connectivity index (χ1v) is 9.37. The van der Waals surface area contributed by atoms with E-state index in [9.17, 15) is 4.79 Å². The fourth-order valence-corrected chi connectivity index (χ4v) is 7.65. The highest BCUT2D eigenvalue weighted by Gasteiger charge is 2.63. The molecule has 5 aliphatic rings. The van der Waals surface area contributed by atoms with E-state index in [4.69, 9.17) is 0 Å². The number of rotatable bonds is 0. The number of fused-ring (bicyclic) bond motifs is 4. The summed E-state index contributed by atoms with van der Waals surface area (Å²) in [7, 11) is 0. The quantitative estimate of drug-likeness (QED) is 0.618. The molecule has 0 bridgehead atoms. The van der Waals surface area contributed by atoms with Crippen molar-refractivity contribution >= 4 is 5.78 Å². The highest BCUT2D eigenvalue weighted by atomic mass is 16.1. The van der Waals surface area contributed by atoms with Gasteiger partial charge in [0.2, 0.25) is 0 Å². The van der Waals surface area contributed by atoms with Crippen LogP contribution in [0.5, 0.6) is 0 Å². The summed E-state index contributed by atoms with van der Waals surface area (Å²) in [6.45, 7) is 2.51. The van der Waals surface area contributed by atoms with E-state index in [0.29, 0.717) is 11.2 Å². The zero-order valence-electron chi connectivity index (χ0n) is 13.4. The summed E-state index contributed by atoms with van der Waals surface area (Å²) in [6, 6.07) is 0. The van der Waals surface area contributed by atoms with E-state index in [-0.39, 0.29) is 0 Å². The monoisotopic (exact) mass is 284 g/mol. The first-order chi connectivity index (χ1) is 10.1. The van der Waals surface area contributed by atoms with Crippen LogP contribution < -0.4 is 0 Å². The topological polar surface area (TPSA) is 17.1 Å². The normalized spacial score (nSPS) is 54.7. The number of ketones is 1. The molecule has 6 atom stereocenters. The van der Waals surface area contributed by atoms with Gasteiger partial charge in [0.25, 0.3) is 0 Å². The molecule has 114 valence electrons. The molecule has 0 aromatic heterocycles. The number of carbonyl (C=O) groups excluding carboxylic acids is 1. The van der Waals surface area contributed by atoms with Gasteiger partial charge in [-0.3, -0.25) is 4.79 Å². The lowest BCUT2D eigenvalue weighted by molar-refractivity contribution is -0.120. The van der Waals surface area contributed by atoms with Crippen molar-refractivity contribution in [3.05, 3.63) is 11.6 Å². The van der Waals surface area contributed by atoms with E-state index < -0.39 is 0 Å². The van der Waals surface area contributed by atoms with Crippen LogP contribution in [0, 0.1) is 34.5 Å². The van der Waals surface area contributed by atoms with Gasteiger partial charge >= 0.3 is 0 Å². The second kappa shape index (κ2) is 4.03. The molecule has 0 amide bonds. The Labute approximate surface area is 128 Å². The first kappa shape index (κ1) is 12.9. The van der Waals surface area contributed by atoms with Gasteiger partial charge in [-0.2, -0.15) is 0 Å². The summed E-state index contributed by atoms with van der Waals surface area (Å²) in [4.78, 5) is 11.8. The van der Waals surface area contributed by atoms with Crippen molar-refractivity contribution in [3.8, 4) is 0 Å². The average Bonchev–Trinajstić information content (AvgIpc) is 2.72. The maximum absolute atomic E-state index is 11.8. The van der Waals surface area contributed by atoms with Crippen LogP contribution in [0.4, 0.5) is 0 Å². The van der Waals surface area contributed by atoms with Crippen LogP contribution in [0.25, 0.3) is 0 Å². The van der Waals surface area contributed by atoms with Crippen LogP contribution in [0.1, 0.15) is 71.1 Å². The molecule has 4 unspecified atom stereocenters. The fourth-order valence-electron chi connectivity index (χ4n) is 7.65. The minimum Gasteiger partial charge on any atom is -0.295 e. The summed E-state index contributed by atoms with van der Waals surface area (Å²) in [5.74, 6) is 4.42. The van der Waals surface area contributed by atoms with Gasteiger partial charge in [0.1, 0.15) is 0 Å². The molecule has 0 radical (unpaired) electrons. The van der Waals surface area contributed by atoms with Crippen LogP contribution in [0.3, 0.4) is 0 Å². The molecule has 5 rings (SSSR count). The van der Waals surface area contributed by atoms with Gasteiger partial charge in [0.15, 0.2) is 5.78 Å². The average molecular weight is 284 g/mol. The lowest BCUT2D eigenvalue weighted by Gasteiger charge is -2.61. The highest BCUT2D eigenvalue weighted by molar-refractivity contribution is 5.91. The summed E-state index contributed by atoms with van der Waals surface area (Å²) >= 11 is 0. The van der Waals surface area contributed by atoms with E-state index in [1.807, 2.05) is 6.08 Å². The molecule has 0 heterocycles. The largest absolute Gasteiger partial charge is 0.295 e. The molecular weight excluding hydrogens is 256 g/mol. The highest BCUT2D eigenvalue weighted by Crippen LogP contribution is 2.72. The van der Waals surface area contributed by atoms with E-state index >= 15 is 0 Å². The van der Waals surface area contributed by atoms with Crippen LogP contribution >= 0.6 is 0 Å². The molecule has 1 nitrogen and oxygen atoms in total. The van der Waals surface area contributed by atoms with Gasteiger partial charge in [0.05, 0.1) is 0 Å². The minimum absolute atomic E-state index is 0.375. The molecule has 0 aromatic rings. The Morgan fingerprint density at radius 1 is 0.952 bits per heavy atom. The fraction of sp³-hybridized carbons (Fsp3) is 0.850. The molecule has 4 saturated carbocycles. The standard InChI is InChI=1S/C20H28O/c1-19-9-7-15(21)12-14(19)2-4-16-17(19)8-11-20-10-6-13(20)3-5-18(16)20/h12-13,16-18H,2-11H2,1H3/t13?,16?,17?,18?,19-,20+/m0/s1. The Balaban J connectivity index is 1.51. The van der Waals surface area contributed by atoms with E-state index in [1.54, 1.807) is 6.42 Å². The Bertz CT molecular complexity index is 532. The Morgan fingerprint density at radius 3 is 2.62 bits per heavy atom. The third-order valence-electron chi connectivity index (χ3n) is 8.82. The SMILES string of the molecule is C[C@]12CCC(=O)C=C1CCC1C3CCC4CC[C@@]43CCC12. The third-order valence-corrected chi connectivity index (χ3v) is 8.82. The van der Waals surface area contributed by atoms with E-state index in [2.05, 4.69) is 6.92 Å².